The Balaban J connectivity index is 1.30. The summed E-state index contributed by atoms with van der Waals surface area (Å²) in [5, 5.41) is 14.3. The molecule has 1 aliphatic heterocycles. The van der Waals surface area contributed by atoms with Gasteiger partial charge in [0.25, 0.3) is 5.91 Å². The maximum atomic E-state index is 14.1. The lowest BCUT2D eigenvalue weighted by Crippen LogP contribution is -2.57. The third-order valence-corrected chi connectivity index (χ3v) is 11.9. The van der Waals surface area contributed by atoms with Crippen molar-refractivity contribution in [2.45, 2.75) is 69.4 Å². The van der Waals surface area contributed by atoms with Crippen LogP contribution >= 0.6 is 11.3 Å². The number of carbonyl (C=O) groups excluding carboxylic acids is 3. The third-order valence-electron chi connectivity index (χ3n) is 9.19. The number of fused-ring (bicyclic) bond motifs is 1. The van der Waals surface area contributed by atoms with E-state index in [1.165, 1.54) is 22.3 Å². The molecular formula is C33H39N5O7S2. The van der Waals surface area contributed by atoms with Crippen molar-refractivity contribution in [3.05, 3.63) is 54.4 Å². The molecule has 2 saturated carbocycles. The summed E-state index contributed by atoms with van der Waals surface area (Å²) in [6.07, 6.45) is 2.02. The zero-order valence-corrected chi connectivity index (χ0v) is 28.1. The van der Waals surface area contributed by atoms with Crippen LogP contribution in [0, 0.1) is 17.3 Å². The lowest BCUT2D eigenvalue weighted by molar-refractivity contribution is -0.146. The van der Waals surface area contributed by atoms with Gasteiger partial charge in [0.15, 0.2) is 0 Å². The minimum atomic E-state index is -3.86. The van der Waals surface area contributed by atoms with Crippen LogP contribution in [-0.4, -0.2) is 82.2 Å². The van der Waals surface area contributed by atoms with Gasteiger partial charge in [0.05, 0.1) is 40.2 Å². The van der Waals surface area contributed by atoms with Crippen molar-refractivity contribution in [2.75, 3.05) is 13.2 Å². The first-order valence-corrected chi connectivity index (χ1v) is 18.1. The number of sulfonamides is 1. The Morgan fingerprint density at radius 3 is 2.45 bits per heavy atom. The molecule has 3 aromatic rings. The van der Waals surface area contributed by atoms with Gasteiger partial charge < -0.3 is 20.1 Å². The number of aliphatic hydroxyl groups excluding tert-OH is 1. The Morgan fingerprint density at radius 1 is 1.17 bits per heavy atom. The number of nitrogens with one attached hydrogen (secondary N) is 2. The smallest absolute Gasteiger partial charge is 0.259 e. The number of aliphatic hydroxyl groups is 1. The van der Waals surface area contributed by atoms with Crippen LogP contribution in [0.4, 0.5) is 0 Å². The van der Waals surface area contributed by atoms with Crippen LogP contribution in [0.15, 0.2) is 54.4 Å². The molecular weight excluding hydrogens is 643 g/mol. The molecule has 1 saturated heterocycles. The summed E-state index contributed by atoms with van der Waals surface area (Å²) < 4.78 is 33.8. The quantitative estimate of drug-likeness (QED) is 0.258. The van der Waals surface area contributed by atoms with Crippen molar-refractivity contribution in [3.8, 4) is 16.5 Å². The first-order chi connectivity index (χ1) is 22.3. The maximum absolute atomic E-state index is 14.1. The molecule has 47 heavy (non-hydrogen) atoms. The van der Waals surface area contributed by atoms with E-state index in [2.05, 4.69) is 16.6 Å². The standard InChI is InChI=1S/C33H39N5O7S2/c1-5-19-16-33(19,31(42)37-47(43,44)21-12-13-21)36-28(40)25-15-20(17-38(25)30(41)22(18-39)32(2,3)4)45-29-27(26-11-8-14-46-26)34-23-9-6-7-10-24(23)35-29/h5-11,14,19-22,25,39H,1,12-13,15-18H2,2-4H3,(H,36,40)(H,37,42)/t19-,20-,22+,25+,33-/m1/s1. The highest BCUT2D eigenvalue weighted by molar-refractivity contribution is 7.91. The molecule has 3 fully saturated rings. The second-order valence-electron chi connectivity index (χ2n) is 13.6. The summed E-state index contributed by atoms with van der Waals surface area (Å²) in [4.78, 5) is 53.2. The fourth-order valence-electron chi connectivity index (χ4n) is 6.11. The van der Waals surface area contributed by atoms with Crippen LogP contribution in [0.3, 0.4) is 0 Å². The molecule has 0 unspecified atom stereocenters. The van der Waals surface area contributed by atoms with E-state index in [0.717, 1.165) is 4.88 Å². The Morgan fingerprint density at radius 2 is 1.87 bits per heavy atom. The number of hydrogen-bond donors (Lipinski definition) is 3. The van der Waals surface area contributed by atoms with E-state index < -0.39 is 74.5 Å². The predicted molar refractivity (Wildman–Crippen MR) is 177 cm³/mol. The molecule has 3 N–H and O–H groups in total. The molecule has 3 amide bonds. The van der Waals surface area contributed by atoms with Crippen LogP contribution in [0.2, 0.25) is 0 Å². The summed E-state index contributed by atoms with van der Waals surface area (Å²) in [7, 11) is -3.86. The first-order valence-electron chi connectivity index (χ1n) is 15.7. The Hall–Kier alpha value is -3.88. The van der Waals surface area contributed by atoms with Gasteiger partial charge in [-0.05, 0) is 48.3 Å². The van der Waals surface area contributed by atoms with Gasteiger partial charge in [0.1, 0.15) is 23.4 Å². The lowest BCUT2D eigenvalue weighted by atomic mass is 9.80. The van der Waals surface area contributed by atoms with E-state index in [4.69, 9.17) is 14.7 Å². The molecule has 2 aliphatic carbocycles. The van der Waals surface area contributed by atoms with E-state index in [1.54, 1.807) is 0 Å². The van der Waals surface area contributed by atoms with Gasteiger partial charge >= 0.3 is 0 Å². The topological polar surface area (TPSA) is 168 Å². The average molecular weight is 682 g/mol. The fraction of sp³-hybridized carbons (Fsp3) is 0.485. The summed E-state index contributed by atoms with van der Waals surface area (Å²) in [6.45, 7) is 8.85. The van der Waals surface area contributed by atoms with E-state index >= 15 is 0 Å². The van der Waals surface area contributed by atoms with Gasteiger partial charge in [-0.15, -0.1) is 17.9 Å². The first kappa shape index (κ1) is 33.0. The maximum Gasteiger partial charge on any atom is 0.259 e. The number of nitrogens with zero attached hydrogens (tertiary/aromatic N) is 3. The number of likely N-dealkylation sites (tertiary alicyclic amines) is 1. The zero-order valence-electron chi connectivity index (χ0n) is 26.5. The summed E-state index contributed by atoms with van der Waals surface area (Å²) in [5.74, 6) is -2.92. The third kappa shape index (κ3) is 6.50. The predicted octanol–water partition coefficient (Wildman–Crippen LogP) is 3.03. The minimum absolute atomic E-state index is 0.0159. The molecule has 3 heterocycles. The van der Waals surface area contributed by atoms with Gasteiger partial charge in [-0.2, -0.15) is 0 Å². The van der Waals surface area contributed by atoms with Gasteiger partial charge in [-0.25, -0.2) is 18.4 Å². The number of carbonyl (C=O) groups is 3. The van der Waals surface area contributed by atoms with E-state index in [0.29, 0.717) is 29.6 Å². The Bertz CT molecular complexity index is 1820. The monoisotopic (exact) mass is 681 g/mol. The number of thiophene rings is 1. The number of rotatable bonds is 11. The van der Waals surface area contributed by atoms with Crippen LogP contribution in [0.5, 0.6) is 5.88 Å². The highest BCUT2D eigenvalue weighted by Gasteiger charge is 2.62. The Labute approximate surface area is 277 Å². The Kier molecular flexibility index (Phi) is 8.64. The molecule has 5 atom stereocenters. The van der Waals surface area contributed by atoms with Gasteiger partial charge in [0, 0.05) is 12.3 Å². The van der Waals surface area contributed by atoms with Gasteiger partial charge in [-0.1, -0.05) is 45.0 Å². The summed E-state index contributed by atoms with van der Waals surface area (Å²) in [6, 6.07) is 10.1. The summed E-state index contributed by atoms with van der Waals surface area (Å²) in [5.41, 5.74) is -0.287. The summed E-state index contributed by atoms with van der Waals surface area (Å²) >= 11 is 1.48. The normalized spacial score (nSPS) is 24.9. The number of aromatic nitrogens is 2. The highest BCUT2D eigenvalue weighted by Crippen LogP contribution is 2.46. The van der Waals surface area contributed by atoms with Crippen molar-refractivity contribution in [3.63, 3.8) is 0 Å². The highest BCUT2D eigenvalue weighted by atomic mass is 32.2. The van der Waals surface area contributed by atoms with Crippen molar-refractivity contribution in [1.82, 2.24) is 24.9 Å². The lowest BCUT2D eigenvalue weighted by Gasteiger charge is -2.34. The number of ether oxygens (including phenoxy) is 1. The van der Waals surface area contributed by atoms with E-state index in [-0.39, 0.29) is 25.3 Å². The minimum Gasteiger partial charge on any atom is -0.471 e. The molecule has 2 aromatic heterocycles. The molecule has 3 aliphatic rings. The molecule has 0 spiro atoms. The van der Waals surface area contributed by atoms with Crippen molar-refractivity contribution in [2.24, 2.45) is 17.3 Å². The van der Waals surface area contributed by atoms with E-state index in [9.17, 15) is 27.9 Å². The van der Waals surface area contributed by atoms with Gasteiger partial charge in [-0.3, -0.25) is 19.1 Å². The fourth-order valence-corrected chi connectivity index (χ4v) is 8.18. The van der Waals surface area contributed by atoms with Crippen LogP contribution in [0.1, 0.15) is 46.5 Å². The second kappa shape index (κ2) is 12.3. The molecule has 12 nitrogen and oxygen atoms in total. The molecule has 1 aromatic carbocycles. The number of benzene rings is 1. The van der Waals surface area contributed by atoms with Crippen LogP contribution in [0.25, 0.3) is 21.6 Å². The van der Waals surface area contributed by atoms with Crippen molar-refractivity contribution < 1.29 is 32.6 Å². The average Bonchev–Trinajstić information content (AvgIpc) is 3.89. The number of hydrogen-bond acceptors (Lipinski definition) is 10. The molecule has 6 rings (SSSR count). The van der Waals surface area contributed by atoms with Crippen LogP contribution < -0.4 is 14.8 Å². The largest absolute Gasteiger partial charge is 0.471 e. The molecule has 0 bridgehead atoms. The number of para-hydroxylation sites is 2. The van der Waals surface area contributed by atoms with Crippen molar-refractivity contribution in [1.29, 1.82) is 0 Å². The molecule has 250 valence electrons. The van der Waals surface area contributed by atoms with E-state index in [1.807, 2.05) is 62.5 Å². The molecule has 0 radical (unpaired) electrons. The molecule has 14 heteroatoms. The van der Waals surface area contributed by atoms with Crippen LogP contribution in [-0.2, 0) is 24.4 Å². The van der Waals surface area contributed by atoms with Gasteiger partial charge in [0.2, 0.25) is 27.7 Å². The van der Waals surface area contributed by atoms with Crippen molar-refractivity contribution >= 4 is 50.1 Å². The number of amides is 3. The second-order valence-corrected chi connectivity index (χ2v) is 16.5. The zero-order chi connectivity index (χ0) is 33.7. The SMILES string of the molecule is C=C[C@@H]1C[C@]1(NC(=O)[C@@H]1C[C@@H](Oc2nc3ccccc3nc2-c2cccs2)CN1C(=O)[C@H](CO)C(C)(C)C)C(=O)NS(=O)(=O)C1CC1.